The summed E-state index contributed by atoms with van der Waals surface area (Å²) in [5.41, 5.74) is 3.64. The van der Waals surface area contributed by atoms with Crippen molar-refractivity contribution in [1.29, 1.82) is 0 Å². The summed E-state index contributed by atoms with van der Waals surface area (Å²) in [6.07, 6.45) is 7.47. The molecule has 108 valence electrons. The van der Waals surface area contributed by atoms with Gasteiger partial charge < -0.3 is 9.88 Å². The van der Waals surface area contributed by atoms with E-state index < -0.39 is 0 Å². The van der Waals surface area contributed by atoms with Gasteiger partial charge in [-0.05, 0) is 51.4 Å². The van der Waals surface area contributed by atoms with Crippen LogP contribution in [0, 0.1) is 0 Å². The Morgan fingerprint density at radius 3 is 2.50 bits per heavy atom. The Kier molecular flexibility index (Phi) is 4.61. The lowest BCUT2D eigenvalue weighted by atomic mass is 10.0. The Bertz CT molecular complexity index is 538. The van der Waals surface area contributed by atoms with Crippen LogP contribution in [0.4, 0.5) is 0 Å². The van der Waals surface area contributed by atoms with Crippen LogP contribution in [0.2, 0.25) is 0 Å². The SMILES string of the molecule is CCCCc1ccc(-n2cncc2C(C)(C)NC)cc1. The molecule has 0 aliphatic carbocycles. The summed E-state index contributed by atoms with van der Waals surface area (Å²) < 4.78 is 2.15. The van der Waals surface area contributed by atoms with Crippen LogP contribution in [0.15, 0.2) is 36.8 Å². The van der Waals surface area contributed by atoms with E-state index in [4.69, 9.17) is 0 Å². The predicted octanol–water partition coefficient (Wildman–Crippen LogP) is 3.67. The van der Waals surface area contributed by atoms with Crippen molar-refractivity contribution in [3.8, 4) is 5.69 Å². The fraction of sp³-hybridized carbons (Fsp3) is 0.471. The van der Waals surface area contributed by atoms with Gasteiger partial charge in [0.2, 0.25) is 0 Å². The van der Waals surface area contributed by atoms with Gasteiger partial charge in [0, 0.05) is 5.69 Å². The van der Waals surface area contributed by atoms with Crippen molar-refractivity contribution in [1.82, 2.24) is 14.9 Å². The van der Waals surface area contributed by atoms with Gasteiger partial charge in [-0.15, -0.1) is 0 Å². The summed E-state index contributed by atoms with van der Waals surface area (Å²) in [4.78, 5) is 4.31. The number of aromatic nitrogens is 2. The molecule has 0 saturated carbocycles. The highest BCUT2D eigenvalue weighted by Crippen LogP contribution is 2.22. The Hall–Kier alpha value is -1.61. The summed E-state index contributed by atoms with van der Waals surface area (Å²) in [6.45, 7) is 6.55. The van der Waals surface area contributed by atoms with Crippen LogP contribution in [0.1, 0.15) is 44.9 Å². The minimum Gasteiger partial charge on any atom is -0.310 e. The summed E-state index contributed by atoms with van der Waals surface area (Å²) in [5.74, 6) is 0. The third kappa shape index (κ3) is 3.10. The quantitative estimate of drug-likeness (QED) is 0.868. The Morgan fingerprint density at radius 1 is 1.20 bits per heavy atom. The highest BCUT2D eigenvalue weighted by atomic mass is 15.1. The average molecular weight is 271 g/mol. The smallest absolute Gasteiger partial charge is 0.0994 e. The normalized spacial score (nSPS) is 11.8. The molecule has 1 heterocycles. The Morgan fingerprint density at radius 2 is 1.90 bits per heavy atom. The monoisotopic (exact) mass is 271 g/mol. The van der Waals surface area contributed by atoms with Gasteiger partial charge in [-0.1, -0.05) is 25.5 Å². The summed E-state index contributed by atoms with van der Waals surface area (Å²) in [6, 6.07) is 8.81. The standard InChI is InChI=1S/C17H25N3/c1-5-6-7-14-8-10-15(11-9-14)20-13-19-12-16(20)17(2,3)18-4/h8-13,18H,5-7H2,1-4H3. The van der Waals surface area contributed by atoms with E-state index in [-0.39, 0.29) is 5.54 Å². The van der Waals surface area contributed by atoms with Crippen LogP contribution in [0.5, 0.6) is 0 Å². The molecule has 1 N–H and O–H groups in total. The van der Waals surface area contributed by atoms with Crippen LogP contribution in [0.3, 0.4) is 0 Å². The van der Waals surface area contributed by atoms with Crippen LogP contribution in [0.25, 0.3) is 5.69 Å². The van der Waals surface area contributed by atoms with Crippen molar-refractivity contribution in [2.24, 2.45) is 0 Å². The van der Waals surface area contributed by atoms with E-state index in [1.165, 1.54) is 29.8 Å². The van der Waals surface area contributed by atoms with E-state index in [2.05, 4.69) is 59.9 Å². The first kappa shape index (κ1) is 14.8. The van der Waals surface area contributed by atoms with Crippen LogP contribution in [-0.2, 0) is 12.0 Å². The van der Waals surface area contributed by atoms with Crippen LogP contribution in [-0.4, -0.2) is 16.6 Å². The lowest BCUT2D eigenvalue weighted by molar-refractivity contribution is 0.425. The number of nitrogens with zero attached hydrogens (tertiary/aromatic N) is 2. The third-order valence-corrected chi connectivity index (χ3v) is 3.94. The molecule has 3 nitrogen and oxygen atoms in total. The molecule has 0 bridgehead atoms. The fourth-order valence-corrected chi connectivity index (χ4v) is 2.30. The van der Waals surface area contributed by atoms with Crippen molar-refractivity contribution in [2.45, 2.75) is 45.6 Å². The molecule has 0 aliphatic heterocycles. The second-order valence-corrected chi connectivity index (χ2v) is 5.79. The van der Waals surface area contributed by atoms with Crippen molar-refractivity contribution < 1.29 is 0 Å². The zero-order valence-electron chi connectivity index (χ0n) is 13.0. The van der Waals surface area contributed by atoms with Crippen molar-refractivity contribution in [3.05, 3.63) is 48.0 Å². The van der Waals surface area contributed by atoms with E-state index in [0.29, 0.717) is 0 Å². The predicted molar refractivity (Wildman–Crippen MR) is 84.3 cm³/mol. The van der Waals surface area contributed by atoms with Gasteiger partial charge in [0.15, 0.2) is 0 Å². The Labute approximate surface area is 122 Å². The number of hydrogen-bond donors (Lipinski definition) is 1. The molecule has 2 rings (SSSR count). The van der Waals surface area contributed by atoms with Gasteiger partial charge in [-0.2, -0.15) is 0 Å². The number of hydrogen-bond acceptors (Lipinski definition) is 2. The highest BCUT2D eigenvalue weighted by molar-refractivity contribution is 5.37. The highest BCUT2D eigenvalue weighted by Gasteiger charge is 2.22. The number of benzene rings is 1. The molecule has 0 unspecified atom stereocenters. The molecule has 2 aromatic rings. The zero-order chi connectivity index (χ0) is 14.6. The zero-order valence-corrected chi connectivity index (χ0v) is 13.0. The molecular formula is C17H25N3. The minimum absolute atomic E-state index is 0.0998. The maximum Gasteiger partial charge on any atom is 0.0994 e. The first-order valence-corrected chi connectivity index (χ1v) is 7.39. The second-order valence-electron chi connectivity index (χ2n) is 5.79. The maximum atomic E-state index is 4.31. The Balaban J connectivity index is 2.27. The first-order valence-electron chi connectivity index (χ1n) is 7.39. The van der Waals surface area contributed by atoms with E-state index in [1.54, 1.807) is 0 Å². The third-order valence-electron chi connectivity index (χ3n) is 3.94. The molecule has 0 spiro atoms. The molecule has 0 amide bonds. The van der Waals surface area contributed by atoms with Crippen LogP contribution >= 0.6 is 0 Å². The van der Waals surface area contributed by atoms with Gasteiger partial charge in [0.1, 0.15) is 0 Å². The molecule has 0 saturated heterocycles. The van der Waals surface area contributed by atoms with Gasteiger partial charge in [0.25, 0.3) is 0 Å². The summed E-state index contributed by atoms with van der Waals surface area (Å²) in [7, 11) is 1.98. The largest absolute Gasteiger partial charge is 0.310 e. The van der Waals surface area contributed by atoms with Gasteiger partial charge in [0.05, 0.1) is 23.8 Å². The number of nitrogens with one attached hydrogen (secondary N) is 1. The first-order chi connectivity index (χ1) is 9.58. The molecule has 0 aliphatic rings. The topological polar surface area (TPSA) is 29.9 Å². The molecule has 0 atom stereocenters. The molecular weight excluding hydrogens is 246 g/mol. The van der Waals surface area contributed by atoms with Gasteiger partial charge >= 0.3 is 0 Å². The molecule has 0 fully saturated rings. The van der Waals surface area contributed by atoms with Crippen molar-refractivity contribution >= 4 is 0 Å². The molecule has 1 aromatic carbocycles. The molecule has 20 heavy (non-hydrogen) atoms. The number of imidazole rings is 1. The molecule has 3 heteroatoms. The van der Waals surface area contributed by atoms with Crippen LogP contribution < -0.4 is 5.32 Å². The lowest BCUT2D eigenvalue weighted by Gasteiger charge is -2.25. The minimum atomic E-state index is -0.0998. The van der Waals surface area contributed by atoms with E-state index in [9.17, 15) is 0 Å². The molecule has 1 aromatic heterocycles. The van der Waals surface area contributed by atoms with Gasteiger partial charge in [-0.25, -0.2) is 4.98 Å². The van der Waals surface area contributed by atoms with E-state index >= 15 is 0 Å². The van der Waals surface area contributed by atoms with Gasteiger partial charge in [-0.3, -0.25) is 0 Å². The second kappa shape index (κ2) is 6.23. The number of rotatable bonds is 6. The lowest BCUT2D eigenvalue weighted by Crippen LogP contribution is -2.35. The average Bonchev–Trinajstić information content (AvgIpc) is 2.96. The number of unbranched alkanes of at least 4 members (excludes halogenated alkanes) is 1. The molecule has 0 radical (unpaired) electrons. The summed E-state index contributed by atoms with van der Waals surface area (Å²) in [5, 5.41) is 3.33. The van der Waals surface area contributed by atoms with Crippen molar-refractivity contribution in [3.63, 3.8) is 0 Å². The maximum absolute atomic E-state index is 4.31. The van der Waals surface area contributed by atoms with E-state index in [1.807, 2.05) is 19.6 Å². The van der Waals surface area contributed by atoms with Crippen molar-refractivity contribution in [2.75, 3.05) is 7.05 Å². The van der Waals surface area contributed by atoms with E-state index in [0.717, 1.165) is 6.42 Å². The summed E-state index contributed by atoms with van der Waals surface area (Å²) >= 11 is 0. The number of aryl methyl sites for hydroxylation is 1. The fourth-order valence-electron chi connectivity index (χ4n) is 2.30.